The first-order chi connectivity index (χ1) is 21.1. The molecule has 1 heteroatoms. The molecule has 0 aliphatic heterocycles. The van der Waals surface area contributed by atoms with Crippen LogP contribution in [0.15, 0.2) is 157 Å². The Kier molecular flexibility index (Phi) is 12.7. The zero-order chi connectivity index (χ0) is 30.3. The SMILES string of the molecule is C=C/C=C(\C=C/Nc1ccc(/C=C/C(/C=C\C)=C/C=C)cc1C1CCCC1)/C=C(/C1=CCCC(C)C=C1)C1C=CC=CC1. The molecule has 1 N–H and O–H groups in total. The molecule has 0 spiro atoms. The van der Waals surface area contributed by atoms with Gasteiger partial charge in [0.05, 0.1) is 0 Å². The summed E-state index contributed by atoms with van der Waals surface area (Å²) >= 11 is 0. The molecule has 0 radical (unpaired) electrons. The molecule has 3 aliphatic carbocycles. The van der Waals surface area contributed by atoms with Crippen LogP contribution in [0, 0.1) is 11.8 Å². The van der Waals surface area contributed by atoms with E-state index in [-0.39, 0.29) is 0 Å². The van der Waals surface area contributed by atoms with Crippen LogP contribution in [0.4, 0.5) is 5.69 Å². The molecule has 43 heavy (non-hydrogen) atoms. The van der Waals surface area contributed by atoms with Crippen molar-refractivity contribution in [1.82, 2.24) is 0 Å². The lowest BCUT2D eigenvalue weighted by Gasteiger charge is -2.19. The van der Waals surface area contributed by atoms with Crippen LogP contribution < -0.4 is 5.32 Å². The van der Waals surface area contributed by atoms with Gasteiger partial charge in [-0.2, -0.15) is 0 Å². The van der Waals surface area contributed by atoms with Gasteiger partial charge in [-0.25, -0.2) is 0 Å². The molecule has 0 aromatic heterocycles. The highest BCUT2D eigenvalue weighted by atomic mass is 14.8. The Balaban J connectivity index is 1.60. The fourth-order valence-corrected chi connectivity index (χ4v) is 6.14. The van der Waals surface area contributed by atoms with Crippen molar-refractivity contribution in [3.8, 4) is 0 Å². The lowest BCUT2D eigenvalue weighted by molar-refractivity contribution is 0.662. The van der Waals surface area contributed by atoms with Crippen LogP contribution in [-0.4, -0.2) is 0 Å². The summed E-state index contributed by atoms with van der Waals surface area (Å²) < 4.78 is 0. The Labute approximate surface area is 261 Å². The maximum Gasteiger partial charge on any atom is 0.0415 e. The van der Waals surface area contributed by atoms with E-state index in [9.17, 15) is 0 Å². The van der Waals surface area contributed by atoms with Crippen LogP contribution in [0.1, 0.15) is 75.8 Å². The normalized spacial score (nSPS) is 22.1. The molecule has 0 bridgehead atoms. The topological polar surface area (TPSA) is 12.0 Å². The molecule has 0 heterocycles. The first kappa shape index (κ1) is 31.8. The number of allylic oxidation sites excluding steroid dienone is 20. The van der Waals surface area contributed by atoms with Gasteiger partial charge < -0.3 is 5.32 Å². The Morgan fingerprint density at radius 2 is 1.74 bits per heavy atom. The largest absolute Gasteiger partial charge is 0.361 e. The first-order valence-electron chi connectivity index (χ1n) is 16.1. The van der Waals surface area contributed by atoms with Gasteiger partial charge in [0, 0.05) is 17.8 Å². The second-order valence-electron chi connectivity index (χ2n) is 11.8. The van der Waals surface area contributed by atoms with Crippen molar-refractivity contribution in [2.75, 3.05) is 5.32 Å². The van der Waals surface area contributed by atoms with Gasteiger partial charge in [-0.15, -0.1) is 0 Å². The van der Waals surface area contributed by atoms with Crippen LogP contribution in [-0.2, 0) is 0 Å². The molecule has 1 nitrogen and oxygen atoms in total. The van der Waals surface area contributed by atoms with Crippen LogP contribution in [0.25, 0.3) is 6.08 Å². The third-order valence-electron chi connectivity index (χ3n) is 8.46. The standard InChI is InChI=1S/C42H49N/c1-5-14-34(15-6-2)24-25-36-26-28-42(41(32-36)38-20-11-12-21-38)43-30-29-35(16-7-3)31-40(37-18-9-8-10-19-37)39-22-13-17-33(4)23-27-39/h5-10,14-16,18,22-33,37-38,43H,1,3,11-13,17,19-21H2,2,4H3/b15-6-,25-24+,30-29-,34-14+,35-16+,40-31+. The minimum Gasteiger partial charge on any atom is -0.361 e. The van der Waals surface area contributed by atoms with E-state index >= 15 is 0 Å². The second-order valence-corrected chi connectivity index (χ2v) is 11.8. The van der Waals surface area contributed by atoms with Gasteiger partial charge in [0.25, 0.3) is 0 Å². The molecule has 0 amide bonds. The van der Waals surface area contributed by atoms with Crippen molar-refractivity contribution in [2.24, 2.45) is 11.8 Å². The molecular weight excluding hydrogens is 518 g/mol. The Morgan fingerprint density at radius 3 is 2.49 bits per heavy atom. The van der Waals surface area contributed by atoms with Crippen molar-refractivity contribution in [3.63, 3.8) is 0 Å². The Morgan fingerprint density at radius 1 is 0.930 bits per heavy atom. The highest BCUT2D eigenvalue weighted by molar-refractivity contribution is 5.64. The summed E-state index contributed by atoms with van der Waals surface area (Å²) in [5.74, 6) is 1.58. The molecular formula is C42H49N. The summed E-state index contributed by atoms with van der Waals surface area (Å²) in [6, 6.07) is 6.82. The van der Waals surface area contributed by atoms with Gasteiger partial charge >= 0.3 is 0 Å². The Hall–Kier alpha value is -4.10. The maximum absolute atomic E-state index is 4.02. The third-order valence-corrected chi connectivity index (χ3v) is 8.46. The third kappa shape index (κ3) is 9.72. The monoisotopic (exact) mass is 567 g/mol. The summed E-state index contributed by atoms with van der Waals surface area (Å²) in [6.07, 6.45) is 47.6. The van der Waals surface area contributed by atoms with Crippen molar-refractivity contribution in [3.05, 3.63) is 168 Å². The fourth-order valence-electron chi connectivity index (χ4n) is 6.14. The average molecular weight is 568 g/mol. The molecule has 2 atom stereocenters. The smallest absolute Gasteiger partial charge is 0.0415 e. The van der Waals surface area contributed by atoms with E-state index in [0.29, 0.717) is 17.8 Å². The number of hydrogen-bond acceptors (Lipinski definition) is 1. The van der Waals surface area contributed by atoms with Gasteiger partial charge in [-0.3, -0.25) is 0 Å². The van der Waals surface area contributed by atoms with Gasteiger partial charge in [-0.1, -0.05) is 136 Å². The molecule has 1 aromatic rings. The predicted octanol–water partition coefficient (Wildman–Crippen LogP) is 12.1. The number of rotatable bonds is 12. The maximum atomic E-state index is 4.02. The van der Waals surface area contributed by atoms with Gasteiger partial charge in [0.15, 0.2) is 0 Å². The highest BCUT2D eigenvalue weighted by Gasteiger charge is 2.20. The molecule has 222 valence electrons. The number of hydrogen-bond donors (Lipinski definition) is 1. The van der Waals surface area contributed by atoms with E-state index < -0.39 is 0 Å². The van der Waals surface area contributed by atoms with Gasteiger partial charge in [0.1, 0.15) is 0 Å². The zero-order valence-corrected chi connectivity index (χ0v) is 26.2. The van der Waals surface area contributed by atoms with E-state index in [1.54, 1.807) is 0 Å². The summed E-state index contributed by atoms with van der Waals surface area (Å²) in [5, 5.41) is 3.66. The molecule has 3 aliphatic rings. The molecule has 1 fully saturated rings. The number of nitrogens with one attached hydrogen (secondary N) is 1. The molecule has 0 saturated heterocycles. The van der Waals surface area contributed by atoms with Crippen LogP contribution in [0.5, 0.6) is 0 Å². The summed E-state index contributed by atoms with van der Waals surface area (Å²) in [4.78, 5) is 0. The first-order valence-corrected chi connectivity index (χ1v) is 16.1. The Bertz CT molecular complexity index is 1420. The van der Waals surface area contributed by atoms with E-state index in [1.807, 2.05) is 25.2 Å². The summed E-state index contributed by atoms with van der Waals surface area (Å²) in [5.41, 5.74) is 8.83. The van der Waals surface area contributed by atoms with E-state index in [4.69, 9.17) is 0 Å². The minimum absolute atomic E-state index is 0.369. The van der Waals surface area contributed by atoms with E-state index in [2.05, 4.69) is 135 Å². The quantitative estimate of drug-likeness (QED) is 0.248. The van der Waals surface area contributed by atoms with Crippen LogP contribution in [0.2, 0.25) is 0 Å². The molecule has 1 saturated carbocycles. The lowest BCUT2D eigenvalue weighted by atomic mass is 9.85. The van der Waals surface area contributed by atoms with Gasteiger partial charge in [0.2, 0.25) is 0 Å². The summed E-state index contributed by atoms with van der Waals surface area (Å²) in [7, 11) is 0. The van der Waals surface area contributed by atoms with E-state index in [0.717, 1.165) is 24.0 Å². The highest BCUT2D eigenvalue weighted by Crippen LogP contribution is 2.39. The molecule has 4 rings (SSSR count). The van der Waals surface area contributed by atoms with Crippen molar-refractivity contribution in [1.29, 1.82) is 0 Å². The fraction of sp³-hybridized carbons (Fsp3) is 0.286. The van der Waals surface area contributed by atoms with Crippen LogP contribution in [0.3, 0.4) is 0 Å². The second kappa shape index (κ2) is 17.1. The average Bonchev–Trinajstić information content (AvgIpc) is 3.48. The lowest BCUT2D eigenvalue weighted by Crippen LogP contribution is -2.05. The number of benzene rings is 1. The van der Waals surface area contributed by atoms with Crippen molar-refractivity contribution >= 4 is 11.8 Å². The van der Waals surface area contributed by atoms with Crippen LogP contribution >= 0.6 is 0 Å². The molecule has 2 unspecified atom stereocenters. The van der Waals surface area contributed by atoms with Crippen molar-refractivity contribution < 1.29 is 0 Å². The van der Waals surface area contributed by atoms with E-state index in [1.165, 1.54) is 60.1 Å². The molecule has 1 aromatic carbocycles. The predicted molar refractivity (Wildman–Crippen MR) is 191 cm³/mol. The zero-order valence-electron chi connectivity index (χ0n) is 26.2. The minimum atomic E-state index is 0.369. The summed E-state index contributed by atoms with van der Waals surface area (Å²) in [6.45, 7) is 12.2. The number of anilines is 1. The van der Waals surface area contributed by atoms with Crippen molar-refractivity contribution in [2.45, 2.75) is 64.7 Å². The van der Waals surface area contributed by atoms with Gasteiger partial charge in [-0.05, 0) is 102 Å².